The summed E-state index contributed by atoms with van der Waals surface area (Å²) >= 11 is 0. The fourth-order valence-corrected chi connectivity index (χ4v) is 1.90. The summed E-state index contributed by atoms with van der Waals surface area (Å²) in [6, 6.07) is 4.73. The minimum Gasteiger partial charge on any atom is -0.463 e. The van der Waals surface area contributed by atoms with Crippen LogP contribution in [0.25, 0.3) is 5.57 Å². The third-order valence-corrected chi connectivity index (χ3v) is 3.03. The van der Waals surface area contributed by atoms with Crippen molar-refractivity contribution < 1.29 is 13.9 Å². The highest BCUT2D eigenvalue weighted by Gasteiger charge is 2.19. The van der Waals surface area contributed by atoms with Gasteiger partial charge in [0.2, 0.25) is 0 Å². The molecule has 21 heavy (non-hydrogen) atoms. The van der Waals surface area contributed by atoms with Gasteiger partial charge in [-0.05, 0) is 38.0 Å². The molecular weight excluding hydrogens is 267 g/mol. The van der Waals surface area contributed by atoms with Crippen LogP contribution >= 0.6 is 0 Å². The highest BCUT2D eigenvalue weighted by molar-refractivity contribution is 5.79. The second-order valence-corrected chi connectivity index (χ2v) is 5.01. The number of carbonyl (C=O) groups is 1. The zero-order valence-electron chi connectivity index (χ0n) is 12.7. The molecule has 0 radical (unpaired) electrons. The molecule has 1 aromatic carbocycles. The van der Waals surface area contributed by atoms with Crippen molar-refractivity contribution in [1.82, 2.24) is 0 Å². The van der Waals surface area contributed by atoms with E-state index in [1.165, 1.54) is 6.07 Å². The predicted molar refractivity (Wildman–Crippen MR) is 84.4 cm³/mol. The van der Waals surface area contributed by atoms with E-state index in [1.54, 1.807) is 51.1 Å². The molecule has 0 aliphatic rings. The van der Waals surface area contributed by atoms with Crippen molar-refractivity contribution in [3.05, 3.63) is 66.5 Å². The lowest BCUT2D eigenvalue weighted by molar-refractivity contribution is -0.148. The average Bonchev–Trinajstić information content (AvgIpc) is 2.43. The van der Waals surface area contributed by atoms with Gasteiger partial charge in [-0.3, -0.25) is 4.79 Å². The standard InChI is InChI=1S/C18H21FO2/c1-6-8-14(7-2)16-10-9-15(11-17(16)19)13(5)18(20)21-12(3)4/h6-13H,1-2H2,3-5H3/b14-8+. The summed E-state index contributed by atoms with van der Waals surface area (Å²) in [5.74, 6) is -1.26. The smallest absolute Gasteiger partial charge is 0.313 e. The Balaban J connectivity index is 3.07. The molecule has 0 amide bonds. The maximum atomic E-state index is 14.2. The van der Waals surface area contributed by atoms with Crippen LogP contribution in [0.15, 0.2) is 49.6 Å². The number of allylic oxidation sites excluding steroid dienone is 4. The Kier molecular flexibility index (Phi) is 6.10. The number of halogens is 1. The Morgan fingerprint density at radius 3 is 2.43 bits per heavy atom. The maximum absolute atomic E-state index is 14.2. The van der Waals surface area contributed by atoms with Crippen LogP contribution in [0.1, 0.15) is 37.8 Å². The van der Waals surface area contributed by atoms with Gasteiger partial charge in [-0.2, -0.15) is 0 Å². The predicted octanol–water partition coefficient (Wildman–Crippen LogP) is 4.64. The van der Waals surface area contributed by atoms with E-state index in [2.05, 4.69) is 13.2 Å². The molecule has 1 rings (SSSR count). The Morgan fingerprint density at radius 2 is 1.95 bits per heavy atom. The van der Waals surface area contributed by atoms with Gasteiger partial charge in [0.15, 0.2) is 0 Å². The molecule has 1 aromatic rings. The molecular formula is C18H21FO2. The highest BCUT2D eigenvalue weighted by atomic mass is 19.1. The third-order valence-electron chi connectivity index (χ3n) is 3.03. The molecule has 0 saturated carbocycles. The number of benzene rings is 1. The number of rotatable bonds is 6. The number of hydrogen-bond acceptors (Lipinski definition) is 2. The van der Waals surface area contributed by atoms with Gasteiger partial charge in [0.1, 0.15) is 5.82 Å². The number of carbonyl (C=O) groups excluding carboxylic acids is 1. The van der Waals surface area contributed by atoms with Gasteiger partial charge in [-0.15, -0.1) is 0 Å². The van der Waals surface area contributed by atoms with Gasteiger partial charge >= 0.3 is 5.97 Å². The van der Waals surface area contributed by atoms with E-state index in [9.17, 15) is 9.18 Å². The molecule has 1 unspecified atom stereocenters. The molecule has 0 bridgehead atoms. The fraction of sp³-hybridized carbons (Fsp3) is 0.278. The number of hydrogen-bond donors (Lipinski definition) is 0. The molecule has 0 aliphatic heterocycles. The molecule has 0 fully saturated rings. The molecule has 0 aliphatic carbocycles. The lowest BCUT2D eigenvalue weighted by Crippen LogP contribution is -2.17. The van der Waals surface area contributed by atoms with E-state index < -0.39 is 11.7 Å². The zero-order valence-corrected chi connectivity index (χ0v) is 12.7. The summed E-state index contributed by atoms with van der Waals surface area (Å²) in [4.78, 5) is 11.9. The molecule has 0 aromatic heterocycles. The summed E-state index contributed by atoms with van der Waals surface area (Å²) < 4.78 is 19.4. The minimum absolute atomic E-state index is 0.188. The van der Waals surface area contributed by atoms with E-state index in [-0.39, 0.29) is 12.1 Å². The quantitative estimate of drug-likeness (QED) is 0.563. The first-order valence-electron chi connectivity index (χ1n) is 6.86. The van der Waals surface area contributed by atoms with Crippen LogP contribution in [-0.4, -0.2) is 12.1 Å². The van der Waals surface area contributed by atoms with Gasteiger partial charge in [0.05, 0.1) is 12.0 Å². The van der Waals surface area contributed by atoms with Crippen molar-refractivity contribution in [2.75, 3.05) is 0 Å². The summed E-state index contributed by atoms with van der Waals surface area (Å²) in [6.07, 6.45) is 4.64. The fourth-order valence-electron chi connectivity index (χ4n) is 1.90. The first-order valence-corrected chi connectivity index (χ1v) is 6.86. The first kappa shape index (κ1) is 16.9. The van der Waals surface area contributed by atoms with Crippen LogP contribution < -0.4 is 0 Å². The normalized spacial score (nSPS) is 12.9. The molecule has 0 N–H and O–H groups in total. The lowest BCUT2D eigenvalue weighted by Gasteiger charge is -2.15. The van der Waals surface area contributed by atoms with Gasteiger partial charge in [0.25, 0.3) is 0 Å². The van der Waals surface area contributed by atoms with E-state index in [0.717, 1.165) is 0 Å². The molecule has 0 spiro atoms. The highest BCUT2D eigenvalue weighted by Crippen LogP contribution is 2.25. The van der Waals surface area contributed by atoms with Crippen LogP contribution in [0, 0.1) is 5.82 Å². The Bertz CT molecular complexity index is 571. The van der Waals surface area contributed by atoms with Gasteiger partial charge in [0, 0.05) is 5.56 Å². The Labute approximate surface area is 125 Å². The molecule has 0 heterocycles. The topological polar surface area (TPSA) is 26.3 Å². The monoisotopic (exact) mass is 288 g/mol. The average molecular weight is 288 g/mol. The maximum Gasteiger partial charge on any atom is 0.313 e. The summed E-state index contributed by atoms with van der Waals surface area (Å²) in [6.45, 7) is 12.5. The van der Waals surface area contributed by atoms with Crippen LogP contribution in [0.5, 0.6) is 0 Å². The molecule has 3 heteroatoms. The Morgan fingerprint density at radius 1 is 1.29 bits per heavy atom. The second-order valence-electron chi connectivity index (χ2n) is 5.01. The second kappa shape index (κ2) is 7.58. The third kappa shape index (κ3) is 4.42. The van der Waals surface area contributed by atoms with Crippen molar-refractivity contribution in [3.63, 3.8) is 0 Å². The van der Waals surface area contributed by atoms with Crippen molar-refractivity contribution in [2.24, 2.45) is 0 Å². The largest absolute Gasteiger partial charge is 0.463 e. The van der Waals surface area contributed by atoms with Crippen LogP contribution in [0.4, 0.5) is 4.39 Å². The van der Waals surface area contributed by atoms with E-state index >= 15 is 0 Å². The summed E-state index contributed by atoms with van der Waals surface area (Å²) in [5.41, 5.74) is 1.66. The van der Waals surface area contributed by atoms with Crippen molar-refractivity contribution in [2.45, 2.75) is 32.8 Å². The summed E-state index contributed by atoms with van der Waals surface area (Å²) in [5, 5.41) is 0. The van der Waals surface area contributed by atoms with Gasteiger partial charge in [-0.25, -0.2) is 4.39 Å². The number of esters is 1. The SMILES string of the molecule is C=C/C=C(\C=C)c1ccc(C(C)C(=O)OC(C)C)cc1F. The minimum atomic E-state index is -0.508. The molecule has 2 nitrogen and oxygen atoms in total. The molecule has 1 atom stereocenters. The van der Waals surface area contributed by atoms with Gasteiger partial charge < -0.3 is 4.74 Å². The first-order chi connectivity index (χ1) is 9.90. The summed E-state index contributed by atoms with van der Waals surface area (Å²) in [7, 11) is 0. The van der Waals surface area contributed by atoms with E-state index in [4.69, 9.17) is 4.74 Å². The van der Waals surface area contributed by atoms with Crippen LogP contribution in [0.3, 0.4) is 0 Å². The van der Waals surface area contributed by atoms with Crippen molar-refractivity contribution >= 4 is 11.5 Å². The van der Waals surface area contributed by atoms with E-state index in [1.807, 2.05) is 0 Å². The van der Waals surface area contributed by atoms with Crippen LogP contribution in [-0.2, 0) is 9.53 Å². The van der Waals surface area contributed by atoms with Crippen molar-refractivity contribution in [3.8, 4) is 0 Å². The zero-order chi connectivity index (χ0) is 16.0. The van der Waals surface area contributed by atoms with Gasteiger partial charge in [-0.1, -0.05) is 43.5 Å². The van der Waals surface area contributed by atoms with E-state index in [0.29, 0.717) is 16.7 Å². The lowest BCUT2D eigenvalue weighted by atomic mass is 9.96. The number of ether oxygens (including phenoxy) is 1. The Hall–Kier alpha value is -2.16. The van der Waals surface area contributed by atoms with Crippen molar-refractivity contribution in [1.29, 1.82) is 0 Å². The molecule has 0 saturated heterocycles. The molecule has 112 valence electrons. The van der Waals surface area contributed by atoms with Crippen LogP contribution in [0.2, 0.25) is 0 Å².